The average Bonchev–Trinajstić information content (AvgIpc) is 2.59. The normalized spacial score (nSPS) is 10.4. The Morgan fingerprint density at radius 1 is 1.31 bits per heavy atom. The van der Waals surface area contributed by atoms with Gasteiger partial charge in [-0.05, 0) is 24.6 Å². The second-order valence-corrected chi connectivity index (χ2v) is 3.59. The Labute approximate surface area is 94.1 Å². The first kappa shape index (κ1) is 10.5. The summed E-state index contributed by atoms with van der Waals surface area (Å²) < 4.78 is 10.4. The number of aryl methyl sites for hydroxylation is 1. The average molecular weight is 218 g/mol. The third-order valence-corrected chi connectivity index (χ3v) is 2.43. The molecule has 0 atom stereocenters. The van der Waals surface area contributed by atoms with Crippen LogP contribution in [0.4, 0.5) is 6.01 Å². The predicted molar refractivity (Wildman–Crippen MR) is 61.5 cm³/mol. The monoisotopic (exact) mass is 218 g/mol. The molecule has 1 heterocycles. The van der Waals surface area contributed by atoms with Crippen molar-refractivity contribution in [2.24, 2.45) is 0 Å². The van der Waals surface area contributed by atoms with Gasteiger partial charge >= 0.3 is 0 Å². The fourth-order valence-corrected chi connectivity index (χ4v) is 1.54. The van der Waals surface area contributed by atoms with E-state index >= 15 is 0 Å². The molecule has 1 aromatic carbocycles. The summed E-state index contributed by atoms with van der Waals surface area (Å²) in [4.78, 5) is 4.03. The number of benzene rings is 1. The van der Waals surface area contributed by atoms with Gasteiger partial charge in [-0.2, -0.15) is 4.98 Å². The Morgan fingerprint density at radius 3 is 2.50 bits per heavy atom. The van der Waals surface area contributed by atoms with Crippen LogP contribution in [-0.4, -0.2) is 12.1 Å². The van der Waals surface area contributed by atoms with Crippen molar-refractivity contribution in [3.05, 3.63) is 41.3 Å². The number of hydrogen-bond acceptors (Lipinski definition) is 4. The van der Waals surface area contributed by atoms with Crippen molar-refractivity contribution in [1.29, 1.82) is 0 Å². The van der Waals surface area contributed by atoms with Crippen LogP contribution >= 0.6 is 0 Å². The van der Waals surface area contributed by atoms with Crippen molar-refractivity contribution in [2.45, 2.75) is 13.3 Å². The highest BCUT2D eigenvalue weighted by Gasteiger charge is 2.07. The first-order chi connectivity index (χ1) is 7.69. The Bertz CT molecular complexity index is 474. The van der Waals surface area contributed by atoms with E-state index in [-0.39, 0.29) is 6.01 Å². The van der Waals surface area contributed by atoms with Gasteiger partial charge in [0.05, 0.1) is 12.8 Å². The zero-order chi connectivity index (χ0) is 11.5. The van der Waals surface area contributed by atoms with Crippen molar-refractivity contribution in [3.8, 4) is 5.75 Å². The molecule has 0 aliphatic heterocycles. The molecule has 2 aromatic rings. The molecule has 0 amide bonds. The first-order valence-corrected chi connectivity index (χ1v) is 5.03. The molecule has 4 nitrogen and oxygen atoms in total. The highest BCUT2D eigenvalue weighted by molar-refractivity contribution is 5.31. The SMILES string of the molecule is COc1ccc(Cc2oc(N)nc2C)cc1. The van der Waals surface area contributed by atoms with E-state index in [1.165, 1.54) is 0 Å². The van der Waals surface area contributed by atoms with Crippen molar-refractivity contribution >= 4 is 6.01 Å². The number of methoxy groups -OCH3 is 1. The van der Waals surface area contributed by atoms with Gasteiger partial charge in [-0.1, -0.05) is 12.1 Å². The summed E-state index contributed by atoms with van der Waals surface area (Å²) in [6.45, 7) is 1.89. The highest BCUT2D eigenvalue weighted by atomic mass is 16.5. The van der Waals surface area contributed by atoms with Crippen LogP contribution in [0.15, 0.2) is 28.7 Å². The van der Waals surface area contributed by atoms with Crippen LogP contribution in [0, 0.1) is 6.92 Å². The molecule has 16 heavy (non-hydrogen) atoms. The molecule has 2 rings (SSSR count). The summed E-state index contributed by atoms with van der Waals surface area (Å²) >= 11 is 0. The minimum atomic E-state index is 0.223. The lowest BCUT2D eigenvalue weighted by molar-refractivity contribution is 0.414. The molecule has 0 aliphatic rings. The number of anilines is 1. The Morgan fingerprint density at radius 2 is 2.00 bits per heavy atom. The number of nitrogen functional groups attached to an aromatic ring is 1. The van der Waals surface area contributed by atoms with Crippen molar-refractivity contribution in [2.75, 3.05) is 12.8 Å². The minimum absolute atomic E-state index is 0.223. The van der Waals surface area contributed by atoms with Crippen LogP contribution in [0.2, 0.25) is 0 Å². The van der Waals surface area contributed by atoms with E-state index in [0.29, 0.717) is 6.42 Å². The van der Waals surface area contributed by atoms with Crippen LogP contribution < -0.4 is 10.5 Å². The number of rotatable bonds is 3. The van der Waals surface area contributed by atoms with Crippen molar-refractivity contribution < 1.29 is 9.15 Å². The standard InChI is InChI=1S/C12H14N2O2/c1-8-11(16-12(13)14-8)7-9-3-5-10(15-2)6-4-9/h3-6H,7H2,1-2H3,(H2,13,14). The topological polar surface area (TPSA) is 61.3 Å². The van der Waals surface area contributed by atoms with E-state index in [4.69, 9.17) is 14.9 Å². The molecular formula is C12H14N2O2. The van der Waals surface area contributed by atoms with E-state index in [1.807, 2.05) is 31.2 Å². The molecule has 0 aliphatic carbocycles. The maximum Gasteiger partial charge on any atom is 0.292 e. The number of oxazole rings is 1. The molecule has 0 radical (unpaired) electrons. The van der Waals surface area contributed by atoms with Crippen LogP contribution in [-0.2, 0) is 6.42 Å². The molecule has 0 spiro atoms. The number of aromatic nitrogens is 1. The van der Waals surface area contributed by atoms with E-state index in [9.17, 15) is 0 Å². The van der Waals surface area contributed by atoms with Crippen molar-refractivity contribution in [1.82, 2.24) is 4.98 Å². The van der Waals surface area contributed by atoms with Gasteiger partial charge in [0.1, 0.15) is 11.5 Å². The smallest absolute Gasteiger partial charge is 0.292 e. The summed E-state index contributed by atoms with van der Waals surface area (Å²) in [5, 5.41) is 0. The molecule has 0 saturated heterocycles. The summed E-state index contributed by atoms with van der Waals surface area (Å²) in [6.07, 6.45) is 0.694. The fourth-order valence-electron chi connectivity index (χ4n) is 1.54. The van der Waals surface area contributed by atoms with E-state index in [0.717, 1.165) is 22.8 Å². The number of nitrogens with two attached hydrogens (primary N) is 1. The lowest BCUT2D eigenvalue weighted by Gasteiger charge is -2.01. The first-order valence-electron chi connectivity index (χ1n) is 5.03. The molecule has 1 aromatic heterocycles. The van der Waals surface area contributed by atoms with Gasteiger partial charge in [0, 0.05) is 6.42 Å². The van der Waals surface area contributed by atoms with Crippen LogP contribution in [0.5, 0.6) is 5.75 Å². The maximum absolute atomic E-state index is 5.48. The van der Waals surface area contributed by atoms with Gasteiger partial charge in [0.15, 0.2) is 0 Å². The summed E-state index contributed by atoms with van der Waals surface area (Å²) in [5.74, 6) is 1.65. The third-order valence-electron chi connectivity index (χ3n) is 2.43. The van der Waals surface area contributed by atoms with Gasteiger partial charge < -0.3 is 14.9 Å². The molecule has 4 heteroatoms. The maximum atomic E-state index is 5.48. The minimum Gasteiger partial charge on any atom is -0.497 e. The second-order valence-electron chi connectivity index (χ2n) is 3.59. The summed E-state index contributed by atoms with van der Waals surface area (Å²) in [7, 11) is 1.65. The predicted octanol–water partition coefficient (Wildman–Crippen LogP) is 2.16. The van der Waals surface area contributed by atoms with Crippen LogP contribution in [0.3, 0.4) is 0 Å². The largest absolute Gasteiger partial charge is 0.497 e. The summed E-state index contributed by atoms with van der Waals surface area (Å²) in [5.41, 5.74) is 7.46. The Kier molecular flexibility index (Phi) is 2.81. The van der Waals surface area contributed by atoms with E-state index in [2.05, 4.69) is 4.98 Å². The van der Waals surface area contributed by atoms with Gasteiger partial charge in [-0.15, -0.1) is 0 Å². The fraction of sp³-hybridized carbons (Fsp3) is 0.250. The lowest BCUT2D eigenvalue weighted by atomic mass is 10.1. The van der Waals surface area contributed by atoms with Crippen LogP contribution in [0.1, 0.15) is 17.0 Å². The summed E-state index contributed by atoms with van der Waals surface area (Å²) in [6, 6.07) is 8.06. The third kappa shape index (κ3) is 2.16. The van der Waals surface area contributed by atoms with Crippen molar-refractivity contribution in [3.63, 3.8) is 0 Å². The zero-order valence-corrected chi connectivity index (χ0v) is 9.36. The van der Waals surface area contributed by atoms with Crippen LogP contribution in [0.25, 0.3) is 0 Å². The molecule has 0 fully saturated rings. The van der Waals surface area contributed by atoms with Gasteiger partial charge in [0.25, 0.3) is 6.01 Å². The molecule has 0 bridgehead atoms. The zero-order valence-electron chi connectivity index (χ0n) is 9.36. The quantitative estimate of drug-likeness (QED) is 0.857. The second kappa shape index (κ2) is 4.26. The molecule has 84 valence electrons. The van der Waals surface area contributed by atoms with Gasteiger partial charge in [-0.3, -0.25) is 0 Å². The molecule has 0 unspecified atom stereocenters. The molecular weight excluding hydrogens is 204 g/mol. The molecule has 2 N–H and O–H groups in total. The highest BCUT2D eigenvalue weighted by Crippen LogP contribution is 2.18. The van der Waals surface area contributed by atoms with E-state index in [1.54, 1.807) is 7.11 Å². The van der Waals surface area contributed by atoms with Gasteiger partial charge in [-0.25, -0.2) is 0 Å². The van der Waals surface area contributed by atoms with Gasteiger partial charge in [0.2, 0.25) is 0 Å². The number of hydrogen-bond donors (Lipinski definition) is 1. The molecule has 0 saturated carbocycles. The number of nitrogens with zero attached hydrogens (tertiary/aromatic N) is 1. The Hall–Kier alpha value is -1.97. The number of ether oxygens (including phenoxy) is 1. The Balaban J connectivity index is 2.17. The van der Waals surface area contributed by atoms with E-state index < -0.39 is 0 Å². The lowest BCUT2D eigenvalue weighted by Crippen LogP contribution is -1.89.